The molecule has 0 spiro atoms. The van der Waals surface area contributed by atoms with Gasteiger partial charge in [-0.25, -0.2) is 9.97 Å². The number of nitrogens with zero attached hydrogens (tertiary/aromatic N) is 3. The second-order valence-electron chi connectivity index (χ2n) is 3.55. The van der Waals surface area contributed by atoms with Gasteiger partial charge in [-0.2, -0.15) is 0 Å². The monoisotopic (exact) mass is 272 g/mol. The Bertz CT molecular complexity index is 569. The summed E-state index contributed by atoms with van der Waals surface area (Å²) in [5.41, 5.74) is 7.15. The molecule has 92 valence electrons. The summed E-state index contributed by atoms with van der Waals surface area (Å²) in [4.78, 5) is 8.37. The predicted molar refractivity (Wildman–Crippen MR) is 70.5 cm³/mol. The van der Waals surface area contributed by atoms with Gasteiger partial charge in [0.15, 0.2) is 5.65 Å². The minimum Gasteiger partial charge on any atom is -0.369 e. The van der Waals surface area contributed by atoms with Crippen molar-refractivity contribution in [2.24, 2.45) is 0 Å². The number of aromatic nitrogens is 3. The molecular formula is C10H13ClN4OS. The van der Waals surface area contributed by atoms with Gasteiger partial charge in [0.2, 0.25) is 5.95 Å². The summed E-state index contributed by atoms with van der Waals surface area (Å²) in [5, 5.41) is 0.527. The smallest absolute Gasteiger partial charge is 0.202 e. The number of hydrogen-bond acceptors (Lipinski definition) is 4. The average Bonchev–Trinajstić information content (AvgIpc) is 2.61. The van der Waals surface area contributed by atoms with E-state index >= 15 is 0 Å². The minimum absolute atomic E-state index is 0.378. The van der Waals surface area contributed by atoms with Crippen molar-refractivity contribution < 1.29 is 4.21 Å². The molecule has 0 bridgehead atoms. The van der Waals surface area contributed by atoms with Crippen LogP contribution in [0.2, 0.25) is 5.02 Å². The number of pyridine rings is 1. The topological polar surface area (TPSA) is 73.8 Å². The molecule has 0 aromatic carbocycles. The maximum absolute atomic E-state index is 11.4. The van der Waals surface area contributed by atoms with Crippen LogP contribution in [0.15, 0.2) is 12.3 Å². The lowest BCUT2D eigenvalue weighted by Crippen LogP contribution is -2.11. The van der Waals surface area contributed by atoms with Crippen LogP contribution in [0, 0.1) is 0 Å². The van der Waals surface area contributed by atoms with Gasteiger partial charge in [0.25, 0.3) is 0 Å². The molecule has 0 saturated carbocycles. The molecule has 0 aliphatic carbocycles. The maximum Gasteiger partial charge on any atom is 0.202 e. The molecule has 2 heterocycles. The van der Waals surface area contributed by atoms with Gasteiger partial charge in [0, 0.05) is 35.0 Å². The van der Waals surface area contributed by atoms with E-state index in [-0.39, 0.29) is 0 Å². The molecule has 2 aromatic heterocycles. The molecule has 0 radical (unpaired) electrons. The Morgan fingerprint density at radius 1 is 1.59 bits per heavy atom. The summed E-state index contributed by atoms with van der Waals surface area (Å²) >= 11 is 5.83. The first-order chi connectivity index (χ1) is 8.11. The number of aryl methyl sites for hydroxylation is 1. The lowest BCUT2D eigenvalue weighted by Gasteiger charge is -2.04. The lowest BCUT2D eigenvalue weighted by atomic mass is 10.4. The fourth-order valence-corrected chi connectivity index (χ4v) is 2.39. The molecular weight excluding hydrogens is 260 g/mol. The third-order valence-corrected chi connectivity index (χ3v) is 3.93. The maximum atomic E-state index is 11.4. The highest BCUT2D eigenvalue weighted by molar-refractivity contribution is 7.84. The fraction of sp³-hybridized carbons (Fsp3) is 0.400. The molecule has 5 nitrogen and oxygen atoms in total. The first-order valence-corrected chi connectivity index (χ1v) is 7.10. The Balaban J connectivity index is 2.33. The lowest BCUT2D eigenvalue weighted by molar-refractivity contribution is 0.676. The van der Waals surface area contributed by atoms with Crippen LogP contribution in [0.5, 0.6) is 0 Å². The van der Waals surface area contributed by atoms with Gasteiger partial charge in [-0.05, 0) is 6.07 Å². The van der Waals surface area contributed by atoms with Crippen LogP contribution < -0.4 is 5.73 Å². The van der Waals surface area contributed by atoms with Crippen molar-refractivity contribution in [2.75, 3.05) is 17.2 Å². The highest BCUT2D eigenvalue weighted by Gasteiger charge is 2.10. The van der Waals surface area contributed by atoms with E-state index in [1.165, 1.54) is 0 Å². The van der Waals surface area contributed by atoms with Gasteiger partial charge in [-0.15, -0.1) is 0 Å². The molecule has 2 aromatic rings. The van der Waals surface area contributed by atoms with Crippen molar-refractivity contribution in [3.05, 3.63) is 17.3 Å². The van der Waals surface area contributed by atoms with E-state index in [1.54, 1.807) is 16.8 Å². The van der Waals surface area contributed by atoms with Crippen molar-refractivity contribution in [3.63, 3.8) is 0 Å². The molecule has 1 atom stereocenters. The zero-order valence-electron chi connectivity index (χ0n) is 9.39. The van der Waals surface area contributed by atoms with E-state index in [0.29, 0.717) is 40.2 Å². The van der Waals surface area contributed by atoms with Crippen molar-refractivity contribution in [2.45, 2.75) is 13.5 Å². The molecule has 7 heteroatoms. The van der Waals surface area contributed by atoms with Gasteiger partial charge in [0.05, 0.1) is 5.02 Å². The van der Waals surface area contributed by atoms with Crippen LogP contribution >= 0.6 is 11.6 Å². The van der Waals surface area contributed by atoms with Crippen LogP contribution in [0.1, 0.15) is 6.92 Å². The summed E-state index contributed by atoms with van der Waals surface area (Å²) in [5.74, 6) is 1.57. The minimum atomic E-state index is -0.825. The predicted octanol–water partition coefficient (Wildman–Crippen LogP) is 1.44. The van der Waals surface area contributed by atoms with E-state index in [9.17, 15) is 4.21 Å². The van der Waals surface area contributed by atoms with Crippen molar-refractivity contribution in [3.8, 4) is 0 Å². The fourth-order valence-electron chi connectivity index (χ4n) is 1.56. The number of fused-ring (bicyclic) bond motifs is 1. The van der Waals surface area contributed by atoms with Crippen molar-refractivity contribution in [1.82, 2.24) is 14.5 Å². The summed E-state index contributed by atoms with van der Waals surface area (Å²) < 4.78 is 13.2. The largest absolute Gasteiger partial charge is 0.369 e. The molecule has 0 aliphatic rings. The molecule has 0 amide bonds. The normalized spacial score (nSPS) is 13.1. The zero-order chi connectivity index (χ0) is 12.4. The van der Waals surface area contributed by atoms with Crippen LogP contribution in [0.4, 0.5) is 5.95 Å². The molecule has 2 N–H and O–H groups in total. The highest BCUT2D eigenvalue weighted by Crippen LogP contribution is 2.18. The summed E-state index contributed by atoms with van der Waals surface area (Å²) in [7, 11) is -0.825. The van der Waals surface area contributed by atoms with E-state index in [0.717, 1.165) is 0 Å². The summed E-state index contributed by atoms with van der Waals surface area (Å²) in [6.45, 7) is 2.45. The van der Waals surface area contributed by atoms with Gasteiger partial charge >= 0.3 is 0 Å². The Morgan fingerprint density at radius 2 is 2.35 bits per heavy atom. The third-order valence-electron chi connectivity index (χ3n) is 2.45. The van der Waals surface area contributed by atoms with Gasteiger partial charge in [-0.1, -0.05) is 18.5 Å². The highest BCUT2D eigenvalue weighted by atomic mass is 35.5. The Morgan fingerprint density at radius 3 is 3.06 bits per heavy atom. The first-order valence-electron chi connectivity index (χ1n) is 5.24. The molecule has 1 unspecified atom stereocenters. The molecule has 0 aliphatic heterocycles. The molecule has 17 heavy (non-hydrogen) atoms. The van der Waals surface area contributed by atoms with Crippen molar-refractivity contribution >= 4 is 39.5 Å². The Kier molecular flexibility index (Phi) is 3.63. The van der Waals surface area contributed by atoms with Crippen molar-refractivity contribution in [1.29, 1.82) is 0 Å². The van der Waals surface area contributed by atoms with Crippen LogP contribution in [0.25, 0.3) is 11.2 Å². The van der Waals surface area contributed by atoms with E-state index in [4.69, 9.17) is 17.3 Å². The number of imidazole rings is 1. The molecule has 0 saturated heterocycles. The second kappa shape index (κ2) is 5.01. The summed E-state index contributed by atoms with van der Waals surface area (Å²) in [6.07, 6.45) is 1.55. The first kappa shape index (κ1) is 12.3. The van der Waals surface area contributed by atoms with Gasteiger partial charge in [0.1, 0.15) is 5.52 Å². The number of anilines is 1. The number of nitrogen functional groups attached to an aromatic ring is 1. The molecule has 0 fully saturated rings. The van der Waals surface area contributed by atoms with Gasteiger partial charge in [-0.3, -0.25) is 8.78 Å². The quantitative estimate of drug-likeness (QED) is 0.914. The van der Waals surface area contributed by atoms with Crippen LogP contribution in [-0.2, 0) is 17.3 Å². The average molecular weight is 273 g/mol. The third kappa shape index (κ3) is 2.58. The summed E-state index contributed by atoms with van der Waals surface area (Å²) in [6, 6.07) is 1.72. The number of nitrogens with two attached hydrogens (primary N) is 1. The number of rotatable bonds is 4. The standard InChI is InChI=1S/C10H13ClN4OS/c1-2-17(16)4-3-15-9-8(14-10(15)12)5-7(11)6-13-9/h5-6H,2-4H2,1H3,(H2,12,14). The number of halogens is 1. The van der Waals surface area contributed by atoms with E-state index in [2.05, 4.69) is 9.97 Å². The van der Waals surface area contributed by atoms with E-state index < -0.39 is 10.8 Å². The van der Waals surface area contributed by atoms with Crippen LogP contribution in [0.3, 0.4) is 0 Å². The Labute approximate surface area is 106 Å². The molecule has 2 rings (SSSR count). The van der Waals surface area contributed by atoms with Crippen LogP contribution in [-0.4, -0.2) is 30.2 Å². The van der Waals surface area contributed by atoms with E-state index in [1.807, 2.05) is 6.92 Å². The zero-order valence-corrected chi connectivity index (χ0v) is 11.0. The SMILES string of the molecule is CCS(=O)CCn1c(N)nc2cc(Cl)cnc21. The Hall–Kier alpha value is -1.14. The second-order valence-corrected chi connectivity index (χ2v) is 5.85. The van der Waals surface area contributed by atoms with Gasteiger partial charge < -0.3 is 5.73 Å². The number of hydrogen-bond donors (Lipinski definition) is 1.